The number of hydrogen-bond acceptors (Lipinski definition) is 5. The largest absolute Gasteiger partial charge is 0.491 e. The Morgan fingerprint density at radius 2 is 1.91 bits per heavy atom. The molecule has 2 aromatic carbocycles. The van der Waals surface area contributed by atoms with Gasteiger partial charge in [-0.05, 0) is 35.6 Å². The van der Waals surface area contributed by atoms with Crippen molar-refractivity contribution in [3.05, 3.63) is 88.6 Å². The highest BCUT2D eigenvalue weighted by Gasteiger charge is 2.43. The van der Waals surface area contributed by atoms with E-state index in [4.69, 9.17) is 15.2 Å². The van der Waals surface area contributed by atoms with Gasteiger partial charge in [-0.15, -0.1) is 0 Å². The van der Waals surface area contributed by atoms with Crippen LogP contribution in [-0.2, 0) is 16.1 Å². The van der Waals surface area contributed by atoms with Crippen LogP contribution in [0.4, 0.5) is 0 Å². The highest BCUT2D eigenvalue weighted by atomic mass is 16.5. The van der Waals surface area contributed by atoms with Gasteiger partial charge >= 0.3 is 0 Å². The highest BCUT2D eigenvalue weighted by Crippen LogP contribution is 2.49. The van der Waals surface area contributed by atoms with Gasteiger partial charge in [0.15, 0.2) is 5.78 Å². The van der Waals surface area contributed by atoms with Crippen molar-refractivity contribution in [3.63, 3.8) is 0 Å². The van der Waals surface area contributed by atoms with Gasteiger partial charge in [0.1, 0.15) is 29.8 Å². The Morgan fingerprint density at radius 1 is 1.17 bits per heavy atom. The van der Waals surface area contributed by atoms with Gasteiger partial charge in [-0.1, -0.05) is 50.2 Å². The van der Waals surface area contributed by atoms with Gasteiger partial charge in [0.25, 0.3) is 0 Å². The topological polar surface area (TPSA) is 90.3 Å². The summed E-state index contributed by atoms with van der Waals surface area (Å²) in [6.07, 6.45) is 3.05. The van der Waals surface area contributed by atoms with Gasteiger partial charge in [-0.2, -0.15) is 5.26 Å². The van der Waals surface area contributed by atoms with Crippen molar-refractivity contribution in [1.82, 2.24) is 4.57 Å². The predicted octanol–water partition coefficient (Wildman–Crippen LogP) is 5.48. The zero-order valence-electron chi connectivity index (χ0n) is 20.3. The third kappa shape index (κ3) is 4.08. The van der Waals surface area contributed by atoms with Crippen molar-refractivity contribution < 1.29 is 14.3 Å². The van der Waals surface area contributed by atoms with E-state index in [-0.39, 0.29) is 22.7 Å². The number of Topliss-reactive ketones (excluding diaryl/α,β-unsaturated/α-hetero) is 1. The molecule has 5 rings (SSSR count). The number of nitriles is 1. The van der Waals surface area contributed by atoms with Crippen molar-refractivity contribution in [2.45, 2.75) is 46.1 Å². The third-order valence-corrected chi connectivity index (χ3v) is 6.89. The molecule has 1 atom stereocenters. The Morgan fingerprint density at radius 3 is 2.69 bits per heavy atom. The highest BCUT2D eigenvalue weighted by molar-refractivity contribution is 6.01. The molecule has 6 heteroatoms. The van der Waals surface area contributed by atoms with Crippen LogP contribution < -0.4 is 10.5 Å². The van der Waals surface area contributed by atoms with E-state index < -0.39 is 5.92 Å². The number of aromatic nitrogens is 1. The number of ether oxygens (including phenoxy) is 2. The second kappa shape index (κ2) is 8.66. The Balaban J connectivity index is 1.56. The van der Waals surface area contributed by atoms with Crippen LogP contribution in [0.5, 0.6) is 5.75 Å². The lowest BCUT2D eigenvalue weighted by Crippen LogP contribution is -2.33. The van der Waals surface area contributed by atoms with Crippen LogP contribution in [0.25, 0.3) is 10.9 Å². The fraction of sp³-hybridized carbons (Fsp3) is 0.310. The Kier molecular flexibility index (Phi) is 5.64. The summed E-state index contributed by atoms with van der Waals surface area (Å²) in [5.74, 6) is 1.01. The lowest BCUT2D eigenvalue weighted by atomic mass is 9.70. The van der Waals surface area contributed by atoms with Crippen molar-refractivity contribution in [2.24, 2.45) is 11.1 Å². The molecule has 1 aliphatic carbocycles. The second-order valence-electron chi connectivity index (χ2n) is 10.1. The third-order valence-electron chi connectivity index (χ3n) is 6.89. The number of nitrogens with zero attached hydrogens (tertiary/aromatic N) is 2. The summed E-state index contributed by atoms with van der Waals surface area (Å²) >= 11 is 0. The molecule has 178 valence electrons. The van der Waals surface area contributed by atoms with Crippen molar-refractivity contribution >= 4 is 16.7 Å². The minimum absolute atomic E-state index is 0.0150. The van der Waals surface area contributed by atoms with E-state index in [1.807, 2.05) is 75.5 Å². The smallest absolute Gasteiger partial charge is 0.205 e. The summed E-state index contributed by atoms with van der Waals surface area (Å²) in [6, 6.07) is 18.2. The maximum absolute atomic E-state index is 13.4. The maximum atomic E-state index is 13.4. The molecule has 0 saturated carbocycles. The lowest BCUT2D eigenvalue weighted by Gasteiger charge is -2.37. The molecule has 1 unspecified atom stereocenters. The summed E-state index contributed by atoms with van der Waals surface area (Å²) in [7, 11) is 0. The molecular weight excluding hydrogens is 438 g/mol. The Hall–Kier alpha value is -3.98. The number of rotatable bonds is 5. The first-order valence-corrected chi connectivity index (χ1v) is 11.9. The Bertz CT molecular complexity index is 1430. The van der Waals surface area contributed by atoms with Gasteiger partial charge in [0.2, 0.25) is 5.88 Å². The molecule has 0 bridgehead atoms. The number of ketones is 1. The monoisotopic (exact) mass is 467 g/mol. The van der Waals surface area contributed by atoms with Crippen molar-refractivity contribution in [3.8, 4) is 11.8 Å². The maximum Gasteiger partial charge on any atom is 0.205 e. The van der Waals surface area contributed by atoms with E-state index >= 15 is 0 Å². The lowest BCUT2D eigenvalue weighted by molar-refractivity contribution is -0.119. The van der Waals surface area contributed by atoms with Crippen LogP contribution in [0.1, 0.15) is 43.7 Å². The van der Waals surface area contributed by atoms with Crippen molar-refractivity contribution in [2.75, 3.05) is 6.61 Å². The molecule has 2 heterocycles. The molecule has 0 spiro atoms. The van der Waals surface area contributed by atoms with Gasteiger partial charge in [-0.3, -0.25) is 4.79 Å². The molecule has 2 N–H and O–H groups in total. The molecule has 35 heavy (non-hydrogen) atoms. The van der Waals surface area contributed by atoms with Crippen LogP contribution in [-0.4, -0.2) is 17.0 Å². The van der Waals surface area contributed by atoms with Crippen LogP contribution in [0, 0.1) is 23.7 Å². The van der Waals surface area contributed by atoms with Crippen molar-refractivity contribution in [1.29, 1.82) is 5.26 Å². The molecule has 3 aromatic rings. The summed E-state index contributed by atoms with van der Waals surface area (Å²) in [5.41, 5.74) is 9.86. The average molecular weight is 468 g/mol. The number of para-hydroxylation sites is 2. The van der Waals surface area contributed by atoms with Gasteiger partial charge in [0, 0.05) is 35.5 Å². The summed E-state index contributed by atoms with van der Waals surface area (Å²) < 4.78 is 14.0. The van der Waals surface area contributed by atoms with Crippen LogP contribution >= 0.6 is 0 Å². The summed E-state index contributed by atoms with van der Waals surface area (Å²) in [4.78, 5) is 13.4. The molecule has 0 amide bonds. The van der Waals surface area contributed by atoms with Gasteiger partial charge in [-0.25, -0.2) is 0 Å². The molecule has 1 aliphatic heterocycles. The quantitative estimate of drug-likeness (QED) is 0.537. The molecule has 0 saturated heterocycles. The first-order chi connectivity index (χ1) is 16.8. The molecule has 0 fully saturated rings. The van der Waals surface area contributed by atoms with Crippen LogP contribution in [0.15, 0.2) is 77.5 Å². The van der Waals surface area contributed by atoms with Gasteiger partial charge < -0.3 is 19.8 Å². The first-order valence-electron chi connectivity index (χ1n) is 11.9. The summed E-state index contributed by atoms with van der Waals surface area (Å²) in [6.45, 7) is 7.23. The number of fused-ring (bicyclic) bond motifs is 1. The van der Waals surface area contributed by atoms with E-state index in [1.165, 1.54) is 0 Å². The number of carbonyl (C=O) groups is 1. The van der Waals surface area contributed by atoms with E-state index in [0.717, 1.165) is 27.8 Å². The number of benzene rings is 2. The van der Waals surface area contributed by atoms with E-state index in [9.17, 15) is 10.1 Å². The number of carbonyl (C=O) groups excluding carboxylic acids is 1. The molecule has 0 radical (unpaired) electrons. The predicted molar refractivity (Wildman–Crippen MR) is 134 cm³/mol. The van der Waals surface area contributed by atoms with Crippen LogP contribution in [0.3, 0.4) is 0 Å². The molecular formula is C29H29N3O3. The minimum atomic E-state index is -0.546. The average Bonchev–Trinajstić information content (AvgIpc) is 3.17. The number of hydrogen-bond donors (Lipinski definition) is 1. The number of nitrogens with two attached hydrogens (primary N) is 1. The SMILES string of the molecule is Cc1ccccc1OCCn1cc(C2C(C#N)=C(N)OC3=C2C(=O)CC(C)(C)C3)c2ccccc21. The van der Waals surface area contributed by atoms with Crippen LogP contribution in [0.2, 0.25) is 0 Å². The standard InChI is InChI=1S/C29H29N3O3/c1-18-8-4-7-11-24(18)34-13-12-32-17-21(19-9-5-6-10-22(19)32)26-20(16-30)28(31)35-25-15-29(2,3)14-23(33)27(25)26/h4-11,17,26H,12-15,31H2,1-3H3. The zero-order valence-corrected chi connectivity index (χ0v) is 20.3. The number of aryl methyl sites for hydroxylation is 1. The van der Waals surface area contributed by atoms with E-state index in [0.29, 0.717) is 37.3 Å². The van der Waals surface area contributed by atoms with E-state index in [1.54, 1.807) is 0 Å². The second-order valence-corrected chi connectivity index (χ2v) is 10.1. The Labute approximate surface area is 205 Å². The summed E-state index contributed by atoms with van der Waals surface area (Å²) in [5, 5.41) is 11.0. The zero-order chi connectivity index (χ0) is 24.7. The van der Waals surface area contributed by atoms with Gasteiger partial charge in [0.05, 0.1) is 12.5 Å². The van der Waals surface area contributed by atoms with E-state index in [2.05, 4.69) is 10.6 Å². The fourth-order valence-electron chi connectivity index (χ4n) is 5.26. The number of allylic oxidation sites excluding steroid dienone is 3. The molecule has 6 nitrogen and oxygen atoms in total. The normalized spacial score (nSPS) is 19.4. The molecule has 2 aliphatic rings. The first kappa shape index (κ1) is 22.8. The minimum Gasteiger partial charge on any atom is -0.491 e. The molecule has 1 aromatic heterocycles. The fourth-order valence-corrected chi connectivity index (χ4v) is 5.26.